The lowest BCUT2D eigenvalue weighted by atomic mass is 10.1. The third-order valence-corrected chi connectivity index (χ3v) is 4.36. The average molecular weight is 368 g/mol. The quantitative estimate of drug-likeness (QED) is 0.441. The minimum Gasteiger partial charge on any atom is -0.496 e. The van der Waals surface area contributed by atoms with Crippen molar-refractivity contribution in [3.63, 3.8) is 0 Å². The van der Waals surface area contributed by atoms with Gasteiger partial charge in [0.25, 0.3) is 0 Å². The first-order valence-electron chi connectivity index (χ1n) is 9.11. The lowest BCUT2D eigenvalue weighted by molar-refractivity contribution is 0.410. The minimum absolute atomic E-state index is 0.219. The SMILES string of the molecule is CCNC(=NCc1ccccc1OC)NCCc1c[nH]c2ccc(F)cc12. The normalized spacial score (nSPS) is 11.6. The summed E-state index contributed by atoms with van der Waals surface area (Å²) < 4.78 is 18.9. The monoisotopic (exact) mass is 368 g/mol. The summed E-state index contributed by atoms with van der Waals surface area (Å²) >= 11 is 0. The van der Waals surface area contributed by atoms with Crippen LogP contribution in [-0.4, -0.2) is 31.1 Å². The van der Waals surface area contributed by atoms with Gasteiger partial charge in [-0.05, 0) is 43.2 Å². The average Bonchev–Trinajstić information content (AvgIpc) is 3.08. The van der Waals surface area contributed by atoms with E-state index >= 15 is 0 Å². The van der Waals surface area contributed by atoms with Crippen molar-refractivity contribution in [3.8, 4) is 5.75 Å². The van der Waals surface area contributed by atoms with E-state index < -0.39 is 0 Å². The molecule has 27 heavy (non-hydrogen) atoms. The number of aromatic amines is 1. The van der Waals surface area contributed by atoms with Crippen LogP contribution in [0.25, 0.3) is 10.9 Å². The van der Waals surface area contributed by atoms with Gasteiger partial charge >= 0.3 is 0 Å². The molecule has 2 aromatic carbocycles. The second kappa shape index (κ2) is 9.07. The molecule has 0 saturated carbocycles. The Labute approximate surface area is 158 Å². The molecule has 0 aliphatic heterocycles. The number of benzene rings is 2. The first-order valence-corrected chi connectivity index (χ1v) is 9.11. The molecule has 0 unspecified atom stereocenters. The fourth-order valence-corrected chi connectivity index (χ4v) is 3.01. The van der Waals surface area contributed by atoms with Crippen LogP contribution in [0.1, 0.15) is 18.1 Å². The third kappa shape index (κ3) is 4.78. The molecule has 3 N–H and O–H groups in total. The van der Waals surface area contributed by atoms with Crippen LogP contribution in [0.3, 0.4) is 0 Å². The number of hydrogen-bond acceptors (Lipinski definition) is 2. The molecule has 0 radical (unpaired) electrons. The Bertz CT molecular complexity index is 919. The van der Waals surface area contributed by atoms with Crippen LogP contribution in [0.5, 0.6) is 5.75 Å². The van der Waals surface area contributed by atoms with Crippen molar-refractivity contribution in [1.82, 2.24) is 15.6 Å². The van der Waals surface area contributed by atoms with E-state index in [1.807, 2.05) is 37.4 Å². The van der Waals surface area contributed by atoms with Crippen LogP contribution >= 0.6 is 0 Å². The second-order valence-electron chi connectivity index (χ2n) is 6.19. The van der Waals surface area contributed by atoms with E-state index in [1.54, 1.807) is 19.2 Å². The number of hydrogen-bond donors (Lipinski definition) is 3. The van der Waals surface area contributed by atoms with E-state index in [4.69, 9.17) is 4.74 Å². The van der Waals surface area contributed by atoms with E-state index in [1.165, 1.54) is 6.07 Å². The zero-order chi connectivity index (χ0) is 19.1. The molecule has 0 aliphatic rings. The van der Waals surface area contributed by atoms with Crippen molar-refractivity contribution < 1.29 is 9.13 Å². The lowest BCUT2D eigenvalue weighted by Crippen LogP contribution is -2.38. The number of nitrogens with zero attached hydrogens (tertiary/aromatic N) is 1. The fraction of sp³-hybridized carbons (Fsp3) is 0.286. The van der Waals surface area contributed by atoms with Gasteiger partial charge in [0.2, 0.25) is 0 Å². The predicted octanol–water partition coefficient (Wildman–Crippen LogP) is 3.61. The van der Waals surface area contributed by atoms with E-state index in [-0.39, 0.29) is 5.82 Å². The highest BCUT2D eigenvalue weighted by molar-refractivity contribution is 5.83. The van der Waals surface area contributed by atoms with Crippen molar-refractivity contribution in [2.24, 2.45) is 4.99 Å². The molecule has 5 nitrogen and oxygen atoms in total. The lowest BCUT2D eigenvalue weighted by Gasteiger charge is -2.12. The maximum Gasteiger partial charge on any atom is 0.191 e. The molecule has 1 heterocycles. The first-order chi connectivity index (χ1) is 13.2. The Hall–Kier alpha value is -3.02. The molecule has 1 aromatic heterocycles. The summed E-state index contributed by atoms with van der Waals surface area (Å²) in [5.74, 6) is 1.36. The summed E-state index contributed by atoms with van der Waals surface area (Å²) in [6, 6.07) is 12.7. The van der Waals surface area contributed by atoms with Gasteiger partial charge in [0.15, 0.2) is 5.96 Å². The molecule has 3 aromatic rings. The Morgan fingerprint density at radius 1 is 1.15 bits per heavy atom. The minimum atomic E-state index is -0.219. The maximum absolute atomic E-state index is 13.5. The van der Waals surface area contributed by atoms with Gasteiger partial charge in [-0.15, -0.1) is 0 Å². The number of aliphatic imine (C=N–C) groups is 1. The van der Waals surface area contributed by atoms with E-state index in [0.29, 0.717) is 13.1 Å². The summed E-state index contributed by atoms with van der Waals surface area (Å²) in [6.07, 6.45) is 2.70. The number of nitrogens with one attached hydrogen (secondary N) is 3. The number of methoxy groups -OCH3 is 1. The summed E-state index contributed by atoms with van der Waals surface area (Å²) in [7, 11) is 1.66. The maximum atomic E-state index is 13.5. The Kier molecular flexibility index (Phi) is 6.30. The fourth-order valence-electron chi connectivity index (χ4n) is 3.01. The van der Waals surface area contributed by atoms with Crippen molar-refractivity contribution in [1.29, 1.82) is 0 Å². The summed E-state index contributed by atoms with van der Waals surface area (Å²) in [5.41, 5.74) is 3.06. The van der Waals surface area contributed by atoms with Crippen molar-refractivity contribution in [2.75, 3.05) is 20.2 Å². The van der Waals surface area contributed by atoms with Gasteiger partial charge in [-0.1, -0.05) is 18.2 Å². The van der Waals surface area contributed by atoms with Gasteiger partial charge in [-0.2, -0.15) is 0 Å². The molecule has 6 heteroatoms. The number of guanidine groups is 1. The molecular weight excluding hydrogens is 343 g/mol. The van der Waals surface area contributed by atoms with E-state index in [9.17, 15) is 4.39 Å². The number of fused-ring (bicyclic) bond motifs is 1. The van der Waals surface area contributed by atoms with Crippen LogP contribution in [-0.2, 0) is 13.0 Å². The van der Waals surface area contributed by atoms with Crippen molar-refractivity contribution in [2.45, 2.75) is 19.9 Å². The number of ether oxygens (including phenoxy) is 1. The van der Waals surface area contributed by atoms with Gasteiger partial charge in [0.05, 0.1) is 13.7 Å². The molecule has 0 atom stereocenters. The molecule has 0 saturated heterocycles. The Morgan fingerprint density at radius 2 is 2.00 bits per heavy atom. The number of rotatable bonds is 7. The zero-order valence-corrected chi connectivity index (χ0v) is 15.7. The molecule has 3 rings (SSSR count). The van der Waals surface area contributed by atoms with Crippen LogP contribution in [0.15, 0.2) is 53.7 Å². The predicted molar refractivity (Wildman–Crippen MR) is 108 cm³/mol. The Balaban J connectivity index is 1.63. The van der Waals surface area contributed by atoms with Crippen molar-refractivity contribution >= 4 is 16.9 Å². The summed E-state index contributed by atoms with van der Waals surface area (Å²) in [5, 5.41) is 7.51. The summed E-state index contributed by atoms with van der Waals surface area (Å²) in [6.45, 7) is 4.03. The second-order valence-corrected chi connectivity index (χ2v) is 6.19. The standard InChI is InChI=1S/C21H25FN4O/c1-3-23-21(26-14-16-6-4-5-7-20(16)27-2)24-11-10-15-13-25-19-9-8-17(22)12-18(15)19/h4-9,12-13,25H,3,10-11,14H2,1-2H3,(H2,23,24,26). The molecule has 0 spiro atoms. The Morgan fingerprint density at radius 3 is 2.81 bits per heavy atom. The first kappa shape index (κ1) is 18.8. The van der Waals surface area contributed by atoms with Crippen LogP contribution in [0.4, 0.5) is 4.39 Å². The number of halogens is 1. The van der Waals surface area contributed by atoms with Gasteiger partial charge in [0.1, 0.15) is 11.6 Å². The number of para-hydroxylation sites is 1. The van der Waals surface area contributed by atoms with Crippen LogP contribution < -0.4 is 15.4 Å². The van der Waals surface area contributed by atoms with Gasteiger partial charge < -0.3 is 20.4 Å². The van der Waals surface area contributed by atoms with E-state index in [0.717, 1.165) is 46.7 Å². The highest BCUT2D eigenvalue weighted by Crippen LogP contribution is 2.20. The number of H-pyrrole nitrogens is 1. The van der Waals surface area contributed by atoms with E-state index in [2.05, 4.69) is 20.6 Å². The third-order valence-electron chi connectivity index (χ3n) is 4.36. The highest BCUT2D eigenvalue weighted by Gasteiger charge is 2.06. The molecule has 0 bridgehead atoms. The van der Waals surface area contributed by atoms with Crippen molar-refractivity contribution in [3.05, 3.63) is 65.6 Å². The van der Waals surface area contributed by atoms with Gasteiger partial charge in [0, 0.05) is 35.8 Å². The van der Waals surface area contributed by atoms with Crippen LogP contribution in [0.2, 0.25) is 0 Å². The largest absolute Gasteiger partial charge is 0.496 e. The molecule has 0 amide bonds. The zero-order valence-electron chi connectivity index (χ0n) is 15.7. The van der Waals surface area contributed by atoms with Crippen LogP contribution in [0, 0.1) is 5.82 Å². The number of aromatic nitrogens is 1. The summed E-state index contributed by atoms with van der Waals surface area (Å²) in [4.78, 5) is 7.82. The van der Waals surface area contributed by atoms with Gasteiger partial charge in [-0.25, -0.2) is 9.38 Å². The molecule has 142 valence electrons. The van der Waals surface area contributed by atoms with Gasteiger partial charge in [-0.3, -0.25) is 0 Å². The smallest absolute Gasteiger partial charge is 0.191 e. The highest BCUT2D eigenvalue weighted by atomic mass is 19.1. The molecular formula is C21H25FN4O. The molecule has 0 aliphatic carbocycles. The topological polar surface area (TPSA) is 61.4 Å². The molecule has 0 fully saturated rings.